The fourth-order valence-electron chi connectivity index (χ4n) is 2.45. The van der Waals surface area contributed by atoms with Crippen molar-refractivity contribution in [2.45, 2.75) is 13.0 Å². The lowest BCUT2D eigenvalue weighted by Gasteiger charge is -2.10. The molecule has 4 nitrogen and oxygen atoms in total. The van der Waals surface area contributed by atoms with Crippen LogP contribution in [-0.2, 0) is 13.6 Å². The van der Waals surface area contributed by atoms with Gasteiger partial charge in [0.1, 0.15) is 11.8 Å². The lowest BCUT2D eigenvalue weighted by atomic mass is 10.1. The van der Waals surface area contributed by atoms with E-state index in [2.05, 4.69) is 23.3 Å². The molecule has 92 valence electrons. The summed E-state index contributed by atoms with van der Waals surface area (Å²) in [6.07, 6.45) is 3.31. The fraction of sp³-hybridized carbons (Fsp3) is 0.615. The van der Waals surface area contributed by atoms with Crippen LogP contribution in [0.4, 0.5) is 0 Å². The molecule has 1 aromatic heterocycles. The second kappa shape index (κ2) is 5.35. The molecule has 1 fully saturated rings. The maximum absolute atomic E-state index is 8.86. The van der Waals surface area contributed by atoms with E-state index in [0.717, 1.165) is 24.7 Å². The molecule has 1 atom stereocenters. The number of hydrogen-bond acceptors (Lipinski definition) is 3. The van der Waals surface area contributed by atoms with Gasteiger partial charge in [-0.3, -0.25) is 0 Å². The van der Waals surface area contributed by atoms with Crippen LogP contribution >= 0.6 is 0 Å². The Bertz CT molecular complexity index is 416. The molecule has 1 aliphatic rings. The highest BCUT2D eigenvalue weighted by atomic mass is 15.1. The molecular formula is C13H20N4. The molecule has 0 spiro atoms. The molecule has 2 heterocycles. The summed E-state index contributed by atoms with van der Waals surface area (Å²) >= 11 is 0. The van der Waals surface area contributed by atoms with Crippen LogP contribution in [0.1, 0.15) is 17.7 Å². The number of likely N-dealkylation sites (tertiary alicyclic amines) is 1. The van der Waals surface area contributed by atoms with Gasteiger partial charge in [0.25, 0.3) is 0 Å². The van der Waals surface area contributed by atoms with Crippen LogP contribution in [0.2, 0.25) is 0 Å². The van der Waals surface area contributed by atoms with Gasteiger partial charge in [-0.05, 0) is 44.1 Å². The van der Waals surface area contributed by atoms with Crippen LogP contribution in [0, 0.1) is 17.2 Å². The molecule has 1 saturated heterocycles. The quantitative estimate of drug-likeness (QED) is 0.840. The van der Waals surface area contributed by atoms with Crippen molar-refractivity contribution in [3.63, 3.8) is 0 Å². The van der Waals surface area contributed by atoms with Gasteiger partial charge in [0.05, 0.1) is 0 Å². The Kier molecular flexibility index (Phi) is 3.82. The minimum absolute atomic E-state index is 0.724. The van der Waals surface area contributed by atoms with Crippen LogP contribution < -0.4 is 5.32 Å². The lowest BCUT2D eigenvalue weighted by molar-refractivity contribution is 0.388. The van der Waals surface area contributed by atoms with Gasteiger partial charge in [-0.15, -0.1) is 0 Å². The Balaban J connectivity index is 1.76. The second-order valence-electron chi connectivity index (χ2n) is 5.00. The van der Waals surface area contributed by atoms with Gasteiger partial charge in [0.15, 0.2) is 0 Å². The molecule has 17 heavy (non-hydrogen) atoms. The molecule has 1 aromatic rings. The molecule has 4 heteroatoms. The Labute approximate surface area is 103 Å². The summed E-state index contributed by atoms with van der Waals surface area (Å²) in [7, 11) is 4.09. The first kappa shape index (κ1) is 12.2. The van der Waals surface area contributed by atoms with Crippen molar-refractivity contribution >= 4 is 0 Å². The van der Waals surface area contributed by atoms with Crippen molar-refractivity contribution in [2.24, 2.45) is 13.0 Å². The highest BCUT2D eigenvalue weighted by Gasteiger charge is 2.18. The van der Waals surface area contributed by atoms with Gasteiger partial charge in [0.2, 0.25) is 0 Å². The van der Waals surface area contributed by atoms with E-state index in [1.165, 1.54) is 25.1 Å². The van der Waals surface area contributed by atoms with Crippen molar-refractivity contribution in [3.8, 4) is 6.07 Å². The molecule has 0 aromatic carbocycles. The SMILES string of the molecule is CN1CCC(CNCc2cc(C#N)n(C)c2)C1. The average molecular weight is 232 g/mol. The molecule has 0 bridgehead atoms. The predicted octanol–water partition coefficient (Wildman–Crippen LogP) is 0.938. The smallest absolute Gasteiger partial charge is 0.120 e. The molecule has 1 N–H and O–H groups in total. The minimum Gasteiger partial charge on any atom is -0.342 e. The summed E-state index contributed by atoms with van der Waals surface area (Å²) < 4.78 is 1.88. The fourth-order valence-corrected chi connectivity index (χ4v) is 2.45. The van der Waals surface area contributed by atoms with Crippen LogP contribution in [0.15, 0.2) is 12.3 Å². The summed E-state index contributed by atoms with van der Waals surface area (Å²) in [6.45, 7) is 4.35. The van der Waals surface area contributed by atoms with Crippen LogP contribution in [0.5, 0.6) is 0 Å². The zero-order valence-electron chi connectivity index (χ0n) is 10.6. The van der Waals surface area contributed by atoms with Crippen LogP contribution in [-0.4, -0.2) is 36.1 Å². The number of rotatable bonds is 4. The first-order valence-corrected chi connectivity index (χ1v) is 6.13. The molecular weight excluding hydrogens is 212 g/mol. The summed E-state index contributed by atoms with van der Waals surface area (Å²) in [4.78, 5) is 2.38. The third kappa shape index (κ3) is 3.09. The third-order valence-electron chi connectivity index (χ3n) is 3.43. The Morgan fingerprint density at radius 3 is 2.94 bits per heavy atom. The minimum atomic E-state index is 0.724. The normalized spacial score (nSPS) is 20.6. The van der Waals surface area contributed by atoms with E-state index >= 15 is 0 Å². The molecule has 0 saturated carbocycles. The summed E-state index contributed by atoms with van der Waals surface area (Å²) in [5, 5.41) is 12.3. The zero-order chi connectivity index (χ0) is 12.3. The van der Waals surface area contributed by atoms with Crippen LogP contribution in [0.25, 0.3) is 0 Å². The monoisotopic (exact) mass is 232 g/mol. The average Bonchev–Trinajstić information content (AvgIpc) is 2.85. The van der Waals surface area contributed by atoms with Crippen molar-refractivity contribution < 1.29 is 0 Å². The Morgan fingerprint density at radius 2 is 2.35 bits per heavy atom. The van der Waals surface area contributed by atoms with Gasteiger partial charge >= 0.3 is 0 Å². The first-order valence-electron chi connectivity index (χ1n) is 6.13. The van der Waals surface area contributed by atoms with E-state index in [9.17, 15) is 0 Å². The van der Waals surface area contributed by atoms with E-state index < -0.39 is 0 Å². The van der Waals surface area contributed by atoms with Gasteiger partial charge in [-0.1, -0.05) is 0 Å². The standard InChI is InChI=1S/C13H20N4/c1-16-4-3-11(9-16)7-15-8-12-5-13(6-14)17(2)10-12/h5,10-11,15H,3-4,7-9H2,1-2H3. The second-order valence-corrected chi connectivity index (χ2v) is 5.00. The van der Waals surface area contributed by atoms with Crippen molar-refractivity contribution in [1.82, 2.24) is 14.8 Å². The number of aryl methyl sites for hydroxylation is 1. The van der Waals surface area contributed by atoms with Crippen molar-refractivity contribution in [2.75, 3.05) is 26.7 Å². The Morgan fingerprint density at radius 1 is 1.53 bits per heavy atom. The lowest BCUT2D eigenvalue weighted by Crippen LogP contribution is -2.24. The van der Waals surface area contributed by atoms with Gasteiger partial charge in [0, 0.05) is 26.3 Å². The van der Waals surface area contributed by atoms with E-state index in [-0.39, 0.29) is 0 Å². The number of hydrogen-bond donors (Lipinski definition) is 1. The van der Waals surface area contributed by atoms with E-state index in [1.807, 2.05) is 23.9 Å². The largest absolute Gasteiger partial charge is 0.342 e. The molecule has 1 unspecified atom stereocenters. The van der Waals surface area contributed by atoms with Crippen molar-refractivity contribution in [3.05, 3.63) is 23.5 Å². The summed E-state index contributed by atoms with van der Waals surface area (Å²) in [5.74, 6) is 0.777. The molecule has 0 aliphatic carbocycles. The van der Waals surface area contributed by atoms with Crippen molar-refractivity contribution in [1.29, 1.82) is 5.26 Å². The highest BCUT2D eigenvalue weighted by Crippen LogP contribution is 2.13. The number of aromatic nitrogens is 1. The molecule has 0 radical (unpaired) electrons. The number of nitrogens with one attached hydrogen (secondary N) is 1. The highest BCUT2D eigenvalue weighted by molar-refractivity contribution is 5.28. The molecule has 2 rings (SSSR count). The van der Waals surface area contributed by atoms with Gasteiger partial charge < -0.3 is 14.8 Å². The van der Waals surface area contributed by atoms with Gasteiger partial charge in [-0.2, -0.15) is 5.26 Å². The molecule has 0 amide bonds. The first-order chi connectivity index (χ1) is 8.19. The summed E-state index contributed by atoms with van der Waals surface area (Å²) in [6, 6.07) is 4.13. The molecule has 1 aliphatic heterocycles. The zero-order valence-corrected chi connectivity index (χ0v) is 10.6. The third-order valence-corrected chi connectivity index (χ3v) is 3.43. The van der Waals surface area contributed by atoms with Crippen LogP contribution in [0.3, 0.4) is 0 Å². The topological polar surface area (TPSA) is 44.0 Å². The maximum atomic E-state index is 8.86. The number of nitrogens with zero attached hydrogens (tertiary/aromatic N) is 3. The Hall–Kier alpha value is -1.31. The maximum Gasteiger partial charge on any atom is 0.120 e. The van der Waals surface area contributed by atoms with E-state index in [0.29, 0.717) is 0 Å². The van der Waals surface area contributed by atoms with E-state index in [4.69, 9.17) is 5.26 Å². The van der Waals surface area contributed by atoms with E-state index in [1.54, 1.807) is 0 Å². The predicted molar refractivity (Wildman–Crippen MR) is 67.4 cm³/mol. The number of nitriles is 1. The summed E-state index contributed by atoms with van der Waals surface area (Å²) in [5.41, 5.74) is 1.91. The van der Waals surface area contributed by atoms with Gasteiger partial charge in [-0.25, -0.2) is 0 Å².